The SMILES string of the molecule is O=C(O)c1sccc1S(=O)(=O)NCc1ccncc1. The zero-order valence-electron chi connectivity index (χ0n) is 9.61. The molecule has 0 spiro atoms. The number of aromatic carboxylic acids is 1. The Labute approximate surface area is 113 Å². The Hall–Kier alpha value is -1.77. The molecule has 0 aliphatic rings. The molecule has 0 aromatic carbocycles. The van der Waals surface area contributed by atoms with Gasteiger partial charge in [0.1, 0.15) is 9.77 Å². The third-order valence-electron chi connectivity index (χ3n) is 2.33. The number of pyridine rings is 1. The number of carboxylic acid groups (broad SMARTS) is 1. The van der Waals surface area contributed by atoms with Crippen molar-refractivity contribution in [2.45, 2.75) is 11.4 Å². The predicted molar refractivity (Wildman–Crippen MR) is 69.5 cm³/mol. The van der Waals surface area contributed by atoms with Crippen LogP contribution in [-0.2, 0) is 16.6 Å². The third-order valence-corrected chi connectivity index (χ3v) is 4.80. The first kappa shape index (κ1) is 13.7. The van der Waals surface area contributed by atoms with Crippen LogP contribution in [0.4, 0.5) is 0 Å². The molecule has 0 atom stereocenters. The van der Waals surface area contributed by atoms with Gasteiger partial charge in [-0.25, -0.2) is 17.9 Å². The van der Waals surface area contributed by atoms with Crippen molar-refractivity contribution in [3.8, 4) is 0 Å². The number of sulfonamides is 1. The molecule has 0 saturated heterocycles. The minimum atomic E-state index is -3.83. The molecular formula is C11H10N2O4S2. The van der Waals surface area contributed by atoms with Crippen LogP contribution in [0.3, 0.4) is 0 Å². The highest BCUT2D eigenvalue weighted by Crippen LogP contribution is 2.21. The Balaban J connectivity index is 2.19. The van der Waals surface area contributed by atoms with Crippen molar-refractivity contribution in [2.75, 3.05) is 0 Å². The number of thiophene rings is 1. The van der Waals surface area contributed by atoms with E-state index < -0.39 is 16.0 Å². The van der Waals surface area contributed by atoms with E-state index >= 15 is 0 Å². The highest BCUT2D eigenvalue weighted by molar-refractivity contribution is 7.89. The number of carboxylic acids is 1. The molecule has 2 aromatic heterocycles. The van der Waals surface area contributed by atoms with Crippen molar-refractivity contribution in [3.05, 3.63) is 46.4 Å². The van der Waals surface area contributed by atoms with Crippen molar-refractivity contribution in [1.29, 1.82) is 0 Å². The van der Waals surface area contributed by atoms with Gasteiger partial charge in [-0.3, -0.25) is 4.98 Å². The minimum absolute atomic E-state index is 0.0831. The molecule has 0 fully saturated rings. The molecule has 2 aromatic rings. The Morgan fingerprint density at radius 3 is 2.63 bits per heavy atom. The zero-order valence-corrected chi connectivity index (χ0v) is 11.2. The molecule has 0 radical (unpaired) electrons. The van der Waals surface area contributed by atoms with Crippen LogP contribution in [0.5, 0.6) is 0 Å². The van der Waals surface area contributed by atoms with Gasteiger partial charge in [-0.05, 0) is 29.1 Å². The van der Waals surface area contributed by atoms with Crippen LogP contribution in [-0.4, -0.2) is 24.5 Å². The summed E-state index contributed by atoms with van der Waals surface area (Å²) in [5.74, 6) is -1.25. The van der Waals surface area contributed by atoms with Crippen molar-refractivity contribution in [3.63, 3.8) is 0 Å². The molecule has 2 rings (SSSR count). The van der Waals surface area contributed by atoms with Crippen molar-refractivity contribution in [1.82, 2.24) is 9.71 Å². The summed E-state index contributed by atoms with van der Waals surface area (Å²) in [5.41, 5.74) is 0.741. The lowest BCUT2D eigenvalue weighted by atomic mass is 10.3. The van der Waals surface area contributed by atoms with E-state index in [-0.39, 0.29) is 16.3 Å². The Bertz CT molecular complexity index is 680. The zero-order chi connectivity index (χ0) is 13.9. The summed E-state index contributed by atoms with van der Waals surface area (Å²) in [7, 11) is -3.83. The summed E-state index contributed by atoms with van der Waals surface area (Å²) in [6, 6.07) is 4.63. The molecule has 100 valence electrons. The maximum atomic E-state index is 12.0. The van der Waals surface area contributed by atoms with Crippen molar-refractivity contribution >= 4 is 27.3 Å². The van der Waals surface area contributed by atoms with Gasteiger partial charge in [-0.15, -0.1) is 11.3 Å². The number of rotatable bonds is 5. The molecule has 2 N–H and O–H groups in total. The van der Waals surface area contributed by atoms with Gasteiger partial charge in [0.15, 0.2) is 0 Å². The molecule has 0 aliphatic carbocycles. The van der Waals surface area contributed by atoms with Crippen LogP contribution < -0.4 is 4.72 Å². The van der Waals surface area contributed by atoms with Crippen molar-refractivity contribution in [2.24, 2.45) is 0 Å². The van der Waals surface area contributed by atoms with Crippen LogP contribution >= 0.6 is 11.3 Å². The predicted octanol–water partition coefficient (Wildman–Crippen LogP) is 1.32. The Morgan fingerprint density at radius 1 is 1.32 bits per heavy atom. The summed E-state index contributed by atoms with van der Waals surface area (Å²) in [6.07, 6.45) is 3.10. The molecule has 19 heavy (non-hydrogen) atoms. The van der Waals surface area contributed by atoms with Gasteiger partial charge in [0, 0.05) is 18.9 Å². The second kappa shape index (κ2) is 5.47. The molecule has 0 unspecified atom stereocenters. The molecule has 6 nitrogen and oxygen atoms in total. The van der Waals surface area contributed by atoms with E-state index in [4.69, 9.17) is 5.11 Å². The summed E-state index contributed by atoms with van der Waals surface area (Å²) >= 11 is 0.877. The second-order valence-corrected chi connectivity index (χ2v) is 6.25. The highest BCUT2D eigenvalue weighted by Gasteiger charge is 2.23. The van der Waals surface area contributed by atoms with E-state index in [1.807, 2.05) is 0 Å². The van der Waals surface area contributed by atoms with E-state index in [9.17, 15) is 13.2 Å². The lowest BCUT2D eigenvalue weighted by Crippen LogP contribution is -2.24. The standard InChI is InChI=1S/C11H10N2O4S2/c14-11(15)10-9(3-6-18-10)19(16,17)13-7-8-1-4-12-5-2-8/h1-6,13H,7H2,(H,14,15). The molecule has 2 heterocycles. The van der Waals surface area contributed by atoms with E-state index in [0.717, 1.165) is 16.9 Å². The molecular weight excluding hydrogens is 288 g/mol. The summed E-state index contributed by atoms with van der Waals surface area (Å²) < 4.78 is 26.4. The highest BCUT2D eigenvalue weighted by atomic mass is 32.2. The third kappa shape index (κ3) is 3.16. The summed E-state index contributed by atoms with van der Waals surface area (Å²) in [6.45, 7) is 0.0831. The first-order valence-electron chi connectivity index (χ1n) is 5.20. The van der Waals surface area contributed by atoms with E-state index in [1.165, 1.54) is 11.4 Å². The van der Waals surface area contributed by atoms with Gasteiger partial charge in [0.05, 0.1) is 0 Å². The average Bonchev–Trinajstić information content (AvgIpc) is 2.88. The molecule has 0 bridgehead atoms. The van der Waals surface area contributed by atoms with Gasteiger partial charge in [0.2, 0.25) is 10.0 Å². The van der Waals surface area contributed by atoms with Crippen LogP contribution in [0, 0.1) is 0 Å². The lowest BCUT2D eigenvalue weighted by Gasteiger charge is -2.06. The van der Waals surface area contributed by atoms with Gasteiger partial charge >= 0.3 is 5.97 Å². The van der Waals surface area contributed by atoms with Crippen LogP contribution in [0.2, 0.25) is 0 Å². The van der Waals surface area contributed by atoms with Gasteiger partial charge < -0.3 is 5.11 Å². The van der Waals surface area contributed by atoms with Crippen LogP contribution in [0.15, 0.2) is 40.9 Å². The van der Waals surface area contributed by atoms with Crippen LogP contribution in [0.25, 0.3) is 0 Å². The smallest absolute Gasteiger partial charge is 0.347 e. The topological polar surface area (TPSA) is 96.4 Å². The number of nitrogens with one attached hydrogen (secondary N) is 1. The van der Waals surface area contributed by atoms with E-state index in [2.05, 4.69) is 9.71 Å². The largest absolute Gasteiger partial charge is 0.477 e. The van der Waals surface area contributed by atoms with Gasteiger partial charge in [-0.2, -0.15) is 0 Å². The number of hydrogen-bond donors (Lipinski definition) is 2. The lowest BCUT2D eigenvalue weighted by molar-refractivity contribution is 0.0698. The number of aromatic nitrogens is 1. The quantitative estimate of drug-likeness (QED) is 0.867. The fraction of sp³-hybridized carbons (Fsp3) is 0.0909. The first-order valence-corrected chi connectivity index (χ1v) is 7.56. The molecule has 0 saturated carbocycles. The van der Waals surface area contributed by atoms with Crippen molar-refractivity contribution < 1.29 is 18.3 Å². The van der Waals surface area contributed by atoms with Gasteiger partial charge in [-0.1, -0.05) is 0 Å². The minimum Gasteiger partial charge on any atom is -0.477 e. The summed E-state index contributed by atoms with van der Waals surface area (Å²) in [4.78, 5) is 14.3. The average molecular weight is 298 g/mol. The Morgan fingerprint density at radius 2 is 2.00 bits per heavy atom. The molecule has 0 aliphatic heterocycles. The Kier molecular flexibility index (Phi) is 3.93. The van der Waals surface area contributed by atoms with E-state index in [1.54, 1.807) is 24.5 Å². The maximum Gasteiger partial charge on any atom is 0.347 e. The fourth-order valence-electron chi connectivity index (χ4n) is 1.42. The normalized spacial score (nSPS) is 11.4. The molecule has 0 amide bonds. The maximum absolute atomic E-state index is 12.0. The van der Waals surface area contributed by atoms with Gasteiger partial charge in [0.25, 0.3) is 0 Å². The number of carbonyl (C=O) groups is 1. The number of nitrogens with zero attached hydrogens (tertiary/aromatic N) is 1. The second-order valence-electron chi connectivity index (χ2n) is 3.60. The first-order chi connectivity index (χ1) is 9.00. The number of hydrogen-bond acceptors (Lipinski definition) is 5. The van der Waals surface area contributed by atoms with E-state index in [0.29, 0.717) is 0 Å². The summed E-state index contributed by atoms with van der Waals surface area (Å²) in [5, 5.41) is 10.3. The molecule has 8 heteroatoms. The fourth-order valence-corrected chi connectivity index (χ4v) is 3.70. The van der Waals surface area contributed by atoms with Crippen LogP contribution in [0.1, 0.15) is 15.2 Å². The monoisotopic (exact) mass is 298 g/mol.